The van der Waals surface area contributed by atoms with Crippen molar-refractivity contribution in [2.24, 2.45) is 0 Å². The standard InChI is InChI=1S/C19H15F3N6S/c1-11-10-29-14-3-5-27(8-12(11)14)16-2-4-23-18(26-16)13-6-25-17-7-24-15(9-28(13)17)19(20,21)22/h2,4,6-7,9-10H,3,5,8H2,1H3. The summed E-state index contributed by atoms with van der Waals surface area (Å²) in [5, 5.41) is 2.17. The van der Waals surface area contributed by atoms with Crippen LogP contribution < -0.4 is 4.90 Å². The fraction of sp³-hybridized carbons (Fsp3) is 0.263. The van der Waals surface area contributed by atoms with Crippen molar-refractivity contribution in [1.29, 1.82) is 0 Å². The molecule has 0 amide bonds. The smallest absolute Gasteiger partial charge is 0.352 e. The third-order valence-electron chi connectivity index (χ3n) is 5.03. The molecule has 148 valence electrons. The van der Waals surface area contributed by atoms with Gasteiger partial charge in [-0.15, -0.1) is 11.3 Å². The van der Waals surface area contributed by atoms with Crippen LogP contribution in [-0.4, -0.2) is 30.9 Å². The summed E-state index contributed by atoms with van der Waals surface area (Å²) in [6.45, 7) is 3.70. The first-order valence-corrected chi connectivity index (χ1v) is 9.82. The molecule has 0 unspecified atom stereocenters. The lowest BCUT2D eigenvalue weighted by molar-refractivity contribution is -0.141. The molecule has 10 heteroatoms. The van der Waals surface area contributed by atoms with Crippen molar-refractivity contribution in [2.75, 3.05) is 11.4 Å². The molecule has 0 N–H and O–H groups in total. The number of hydrogen-bond acceptors (Lipinski definition) is 6. The van der Waals surface area contributed by atoms with Gasteiger partial charge in [-0.3, -0.25) is 4.40 Å². The van der Waals surface area contributed by atoms with Crippen LogP contribution in [0.15, 0.2) is 36.2 Å². The molecule has 0 aliphatic carbocycles. The van der Waals surface area contributed by atoms with Gasteiger partial charge in [-0.25, -0.2) is 19.9 Å². The highest BCUT2D eigenvalue weighted by molar-refractivity contribution is 7.10. The number of fused-ring (bicyclic) bond motifs is 2. The maximum Gasteiger partial charge on any atom is 0.434 e. The van der Waals surface area contributed by atoms with E-state index in [4.69, 9.17) is 0 Å². The summed E-state index contributed by atoms with van der Waals surface area (Å²) in [4.78, 5) is 20.0. The number of rotatable bonds is 2. The lowest BCUT2D eigenvalue weighted by Gasteiger charge is -2.28. The third kappa shape index (κ3) is 3.13. The Kier molecular flexibility index (Phi) is 4.05. The van der Waals surface area contributed by atoms with Crippen molar-refractivity contribution in [3.8, 4) is 11.5 Å². The van der Waals surface area contributed by atoms with E-state index >= 15 is 0 Å². The van der Waals surface area contributed by atoms with Gasteiger partial charge in [-0.2, -0.15) is 13.2 Å². The van der Waals surface area contributed by atoms with Crippen molar-refractivity contribution < 1.29 is 13.2 Å². The molecule has 4 aromatic heterocycles. The minimum absolute atomic E-state index is 0.304. The Bertz CT molecular complexity index is 1210. The van der Waals surface area contributed by atoms with Crippen LogP contribution in [0.25, 0.3) is 17.2 Å². The lowest BCUT2D eigenvalue weighted by Crippen LogP contribution is -2.30. The topological polar surface area (TPSA) is 59.2 Å². The van der Waals surface area contributed by atoms with E-state index in [-0.39, 0.29) is 0 Å². The minimum Gasteiger partial charge on any atom is -0.352 e. The molecule has 0 saturated heterocycles. The molecule has 0 aromatic carbocycles. The fourth-order valence-electron chi connectivity index (χ4n) is 3.50. The number of anilines is 1. The maximum atomic E-state index is 13.1. The van der Waals surface area contributed by atoms with Gasteiger partial charge in [-0.05, 0) is 35.9 Å². The summed E-state index contributed by atoms with van der Waals surface area (Å²) in [6, 6.07) is 1.82. The average Bonchev–Trinajstić information content (AvgIpc) is 3.30. The second-order valence-corrected chi connectivity index (χ2v) is 7.84. The van der Waals surface area contributed by atoms with Gasteiger partial charge in [0.15, 0.2) is 17.2 Å². The lowest BCUT2D eigenvalue weighted by atomic mass is 10.1. The number of thiophene rings is 1. The highest BCUT2D eigenvalue weighted by Crippen LogP contribution is 2.31. The normalized spacial score (nSPS) is 14.4. The predicted octanol–water partition coefficient (Wildman–Crippen LogP) is 4.14. The highest BCUT2D eigenvalue weighted by Gasteiger charge is 2.33. The zero-order valence-corrected chi connectivity index (χ0v) is 16.1. The summed E-state index contributed by atoms with van der Waals surface area (Å²) < 4.78 is 40.5. The van der Waals surface area contributed by atoms with Crippen LogP contribution in [0, 0.1) is 6.92 Å². The van der Waals surface area contributed by atoms with Crippen LogP contribution in [0.4, 0.5) is 19.0 Å². The number of alkyl halides is 3. The van der Waals surface area contributed by atoms with Gasteiger partial charge in [-0.1, -0.05) is 0 Å². The SMILES string of the molecule is Cc1csc2c1CN(c1ccnc(-c3cnc4cnc(C(F)(F)F)cn34)n1)CC2. The zero-order valence-electron chi connectivity index (χ0n) is 15.3. The van der Waals surface area contributed by atoms with Crippen LogP contribution in [0.3, 0.4) is 0 Å². The van der Waals surface area contributed by atoms with E-state index in [2.05, 4.69) is 37.1 Å². The Labute approximate surface area is 167 Å². The zero-order chi connectivity index (χ0) is 20.2. The Hall–Kier alpha value is -3.01. The average molecular weight is 416 g/mol. The first kappa shape index (κ1) is 18.0. The van der Waals surface area contributed by atoms with Crippen LogP contribution in [0.5, 0.6) is 0 Å². The number of aromatic nitrogens is 5. The molecular weight excluding hydrogens is 401 g/mol. The van der Waals surface area contributed by atoms with Gasteiger partial charge in [0, 0.05) is 30.4 Å². The van der Waals surface area contributed by atoms with E-state index in [1.54, 1.807) is 17.5 Å². The predicted molar refractivity (Wildman–Crippen MR) is 103 cm³/mol. The molecule has 4 aromatic rings. The van der Waals surface area contributed by atoms with Crippen molar-refractivity contribution >= 4 is 22.8 Å². The van der Waals surface area contributed by atoms with Crippen molar-refractivity contribution in [3.05, 3.63) is 57.9 Å². The molecule has 5 rings (SSSR count). The van der Waals surface area contributed by atoms with E-state index in [0.717, 1.165) is 37.7 Å². The van der Waals surface area contributed by atoms with Gasteiger partial charge in [0.1, 0.15) is 11.5 Å². The number of imidazole rings is 1. The van der Waals surface area contributed by atoms with E-state index < -0.39 is 11.9 Å². The van der Waals surface area contributed by atoms with Gasteiger partial charge in [0.25, 0.3) is 0 Å². The molecule has 0 bridgehead atoms. The Morgan fingerprint density at radius 2 is 2.00 bits per heavy atom. The largest absolute Gasteiger partial charge is 0.434 e. The van der Waals surface area contributed by atoms with Gasteiger partial charge in [0.2, 0.25) is 0 Å². The Morgan fingerprint density at radius 3 is 2.83 bits per heavy atom. The summed E-state index contributed by atoms with van der Waals surface area (Å²) >= 11 is 1.79. The van der Waals surface area contributed by atoms with Crippen LogP contribution >= 0.6 is 11.3 Å². The molecule has 1 aliphatic rings. The van der Waals surface area contributed by atoms with E-state index in [1.807, 2.05) is 6.07 Å². The van der Waals surface area contributed by atoms with Crippen molar-refractivity contribution in [2.45, 2.75) is 26.1 Å². The molecule has 0 saturated carbocycles. The van der Waals surface area contributed by atoms with E-state index in [0.29, 0.717) is 17.2 Å². The minimum atomic E-state index is -4.54. The number of aryl methyl sites for hydroxylation is 1. The maximum absolute atomic E-state index is 13.1. The van der Waals surface area contributed by atoms with Crippen molar-refractivity contribution in [3.63, 3.8) is 0 Å². The summed E-state index contributed by atoms with van der Waals surface area (Å²) in [6.07, 6.45) is 1.52. The molecule has 5 heterocycles. The van der Waals surface area contributed by atoms with E-state index in [1.165, 1.54) is 26.6 Å². The fourth-order valence-corrected chi connectivity index (χ4v) is 4.53. The molecule has 29 heavy (non-hydrogen) atoms. The Balaban J connectivity index is 1.53. The number of halogens is 3. The monoisotopic (exact) mass is 416 g/mol. The first-order valence-electron chi connectivity index (χ1n) is 8.94. The van der Waals surface area contributed by atoms with Crippen LogP contribution in [0.2, 0.25) is 0 Å². The number of nitrogens with zero attached hydrogens (tertiary/aromatic N) is 6. The molecule has 0 atom stereocenters. The second kappa shape index (κ2) is 6.51. The van der Waals surface area contributed by atoms with Crippen LogP contribution in [-0.2, 0) is 19.1 Å². The summed E-state index contributed by atoms with van der Waals surface area (Å²) in [7, 11) is 0. The molecular formula is C19H15F3N6S. The van der Waals surface area contributed by atoms with Gasteiger partial charge in [0.05, 0.1) is 12.4 Å². The number of hydrogen-bond donors (Lipinski definition) is 0. The highest BCUT2D eigenvalue weighted by atomic mass is 32.1. The quantitative estimate of drug-likeness (QED) is 0.492. The van der Waals surface area contributed by atoms with E-state index in [9.17, 15) is 13.2 Å². The van der Waals surface area contributed by atoms with Gasteiger partial charge >= 0.3 is 6.18 Å². The summed E-state index contributed by atoms with van der Waals surface area (Å²) in [5.74, 6) is 1.06. The molecule has 0 fully saturated rings. The first-order chi connectivity index (χ1) is 13.9. The molecule has 0 radical (unpaired) electrons. The summed E-state index contributed by atoms with van der Waals surface area (Å²) in [5.41, 5.74) is 2.31. The van der Waals surface area contributed by atoms with Gasteiger partial charge < -0.3 is 4.90 Å². The molecule has 6 nitrogen and oxygen atoms in total. The Morgan fingerprint density at radius 1 is 1.14 bits per heavy atom. The molecule has 1 aliphatic heterocycles. The van der Waals surface area contributed by atoms with Crippen molar-refractivity contribution in [1.82, 2.24) is 24.3 Å². The molecule has 0 spiro atoms. The second-order valence-electron chi connectivity index (χ2n) is 6.87. The van der Waals surface area contributed by atoms with Crippen LogP contribution in [0.1, 0.15) is 21.7 Å². The third-order valence-corrected chi connectivity index (χ3v) is 6.24.